The lowest BCUT2D eigenvalue weighted by atomic mass is 10.0. The second kappa shape index (κ2) is 22.0. The number of nitrogens with one attached hydrogen (secondary N) is 2. The number of benzene rings is 3. The first-order valence-corrected chi connectivity index (χ1v) is 20.5. The van der Waals surface area contributed by atoms with Gasteiger partial charge in [-0.1, -0.05) is 30.3 Å². The number of nitrogens with two attached hydrogens (primary N) is 1. The Kier molecular flexibility index (Phi) is 16.4. The third kappa shape index (κ3) is 11.6. The minimum absolute atomic E-state index is 0.0314. The van der Waals surface area contributed by atoms with Crippen LogP contribution >= 0.6 is 12.6 Å². The largest absolute Gasteiger partial charge is 0.490 e. The highest BCUT2D eigenvalue weighted by atomic mass is 32.1. The SMILES string of the molecule is NC(S)c1cccc(-c2cn(CC(CF)CF)c3cc(NC(=O)CCOCCOCCOCCOCCOc4cccc5c4C(=O)N(C4CCC(=O)NC4=O)C5=O)ccc23)c1. The summed E-state index contributed by atoms with van der Waals surface area (Å²) in [7, 11) is 0. The average molecular weight is 866 g/mol. The molecule has 1 fully saturated rings. The van der Waals surface area contributed by atoms with E-state index in [2.05, 4.69) is 23.3 Å². The van der Waals surface area contributed by atoms with E-state index in [-0.39, 0.29) is 81.6 Å². The van der Waals surface area contributed by atoms with E-state index in [4.69, 9.17) is 29.4 Å². The summed E-state index contributed by atoms with van der Waals surface area (Å²) in [5.74, 6) is -3.23. The maximum Gasteiger partial charge on any atom is 0.266 e. The molecule has 1 saturated heterocycles. The Hall–Kier alpha value is -5.24. The van der Waals surface area contributed by atoms with Crippen LogP contribution in [-0.4, -0.2) is 118 Å². The van der Waals surface area contributed by atoms with Gasteiger partial charge in [0.2, 0.25) is 17.7 Å². The molecule has 15 nitrogen and oxygen atoms in total. The molecule has 0 bridgehead atoms. The van der Waals surface area contributed by atoms with Crippen molar-refractivity contribution in [3.63, 3.8) is 0 Å². The molecule has 4 aromatic rings. The maximum atomic E-state index is 13.5. The molecule has 0 aliphatic carbocycles. The Labute approximate surface area is 356 Å². The number of hydrogen-bond acceptors (Lipinski definition) is 12. The second-order valence-corrected chi connectivity index (χ2v) is 15.0. The van der Waals surface area contributed by atoms with Crippen molar-refractivity contribution in [3.05, 3.63) is 83.6 Å². The molecular weight excluding hydrogens is 817 g/mol. The van der Waals surface area contributed by atoms with Crippen molar-refractivity contribution in [1.82, 2.24) is 14.8 Å². The number of hydrogen-bond donors (Lipinski definition) is 4. The number of fused-ring (bicyclic) bond motifs is 2. The Bertz CT molecular complexity index is 2200. The molecular formula is C43H49F2N5O10S. The molecule has 18 heteroatoms. The number of alkyl halides is 2. The smallest absolute Gasteiger partial charge is 0.266 e. The molecule has 2 aliphatic rings. The zero-order valence-electron chi connectivity index (χ0n) is 33.4. The zero-order valence-corrected chi connectivity index (χ0v) is 34.3. The van der Waals surface area contributed by atoms with Crippen molar-refractivity contribution in [3.8, 4) is 16.9 Å². The molecule has 326 valence electrons. The van der Waals surface area contributed by atoms with Gasteiger partial charge in [0, 0.05) is 41.7 Å². The van der Waals surface area contributed by atoms with E-state index in [1.54, 1.807) is 24.3 Å². The molecule has 6 rings (SSSR count). The lowest BCUT2D eigenvalue weighted by Gasteiger charge is -2.27. The Morgan fingerprint density at radius 1 is 0.836 bits per heavy atom. The average Bonchev–Trinajstić information content (AvgIpc) is 3.74. The highest BCUT2D eigenvalue weighted by Gasteiger charge is 2.46. The molecule has 0 spiro atoms. The number of carbonyl (C=O) groups excluding carboxylic acids is 5. The molecule has 0 saturated carbocycles. The van der Waals surface area contributed by atoms with Crippen LogP contribution in [0, 0.1) is 5.92 Å². The minimum Gasteiger partial charge on any atom is -0.490 e. The molecule has 61 heavy (non-hydrogen) atoms. The quantitative estimate of drug-likeness (QED) is 0.0333. The molecule has 2 atom stereocenters. The van der Waals surface area contributed by atoms with Gasteiger partial charge >= 0.3 is 0 Å². The summed E-state index contributed by atoms with van der Waals surface area (Å²) in [5, 5.41) is 5.45. The van der Waals surface area contributed by atoms with E-state index in [1.165, 1.54) is 6.07 Å². The van der Waals surface area contributed by atoms with E-state index in [9.17, 15) is 32.8 Å². The van der Waals surface area contributed by atoms with Gasteiger partial charge in [-0.15, -0.1) is 0 Å². The van der Waals surface area contributed by atoms with Crippen LogP contribution in [0.5, 0.6) is 5.75 Å². The molecule has 0 radical (unpaired) electrons. The Morgan fingerprint density at radius 3 is 2.18 bits per heavy atom. The van der Waals surface area contributed by atoms with Crippen molar-refractivity contribution in [2.45, 2.75) is 37.2 Å². The number of carbonyl (C=O) groups is 5. The topological polar surface area (TPSA) is 190 Å². The van der Waals surface area contributed by atoms with E-state index in [0.29, 0.717) is 32.1 Å². The summed E-state index contributed by atoms with van der Waals surface area (Å²) < 4.78 is 56.8. The third-order valence-electron chi connectivity index (χ3n) is 10.1. The van der Waals surface area contributed by atoms with Crippen LogP contribution in [0.15, 0.2) is 66.9 Å². The van der Waals surface area contributed by atoms with E-state index in [0.717, 1.165) is 32.5 Å². The van der Waals surface area contributed by atoms with Crippen molar-refractivity contribution in [1.29, 1.82) is 0 Å². The van der Waals surface area contributed by atoms with Crippen LogP contribution in [0.2, 0.25) is 0 Å². The number of imide groups is 2. The van der Waals surface area contributed by atoms with Gasteiger partial charge in [0.25, 0.3) is 11.8 Å². The first-order valence-electron chi connectivity index (χ1n) is 20.0. The van der Waals surface area contributed by atoms with Gasteiger partial charge in [0.05, 0.1) is 94.6 Å². The van der Waals surface area contributed by atoms with Crippen molar-refractivity contribution >= 4 is 58.8 Å². The number of anilines is 1. The van der Waals surface area contributed by atoms with Gasteiger partial charge in [-0.05, 0) is 47.9 Å². The zero-order chi connectivity index (χ0) is 43.3. The maximum absolute atomic E-state index is 13.5. The van der Waals surface area contributed by atoms with Gasteiger partial charge in [0.15, 0.2) is 0 Å². The normalized spacial score (nSPS) is 15.8. The van der Waals surface area contributed by atoms with Gasteiger partial charge in [0.1, 0.15) is 18.4 Å². The van der Waals surface area contributed by atoms with E-state index >= 15 is 0 Å². The number of rotatable bonds is 24. The Balaban J connectivity index is 0.828. The van der Waals surface area contributed by atoms with Gasteiger partial charge in [-0.3, -0.25) is 43.0 Å². The summed E-state index contributed by atoms with van der Waals surface area (Å²) in [6, 6.07) is 16.7. The monoisotopic (exact) mass is 865 g/mol. The highest BCUT2D eigenvalue weighted by molar-refractivity contribution is 7.80. The summed E-state index contributed by atoms with van der Waals surface area (Å²) in [5.41, 5.74) is 10.0. The van der Waals surface area contributed by atoms with E-state index in [1.807, 2.05) is 41.1 Å². The fourth-order valence-corrected chi connectivity index (χ4v) is 7.18. The van der Waals surface area contributed by atoms with Crippen LogP contribution in [0.25, 0.3) is 22.0 Å². The molecule has 2 unspecified atom stereocenters. The predicted octanol–water partition coefficient (Wildman–Crippen LogP) is 4.63. The predicted molar refractivity (Wildman–Crippen MR) is 224 cm³/mol. The lowest BCUT2D eigenvalue weighted by molar-refractivity contribution is -0.136. The fraction of sp³-hybridized carbons (Fsp3) is 0.419. The molecule has 5 amide bonds. The summed E-state index contributed by atoms with van der Waals surface area (Å²) >= 11 is 4.34. The Morgan fingerprint density at radius 2 is 1.51 bits per heavy atom. The van der Waals surface area contributed by atoms with Gasteiger partial charge in [-0.25, -0.2) is 0 Å². The van der Waals surface area contributed by atoms with Crippen LogP contribution in [-0.2, 0) is 39.9 Å². The second-order valence-electron chi connectivity index (χ2n) is 14.4. The number of nitrogens with zero attached hydrogens (tertiary/aromatic N) is 2. The molecule has 4 N–H and O–H groups in total. The van der Waals surface area contributed by atoms with Gasteiger partial charge in [-0.2, -0.15) is 12.6 Å². The summed E-state index contributed by atoms with van der Waals surface area (Å²) in [6.07, 6.45) is 2.07. The fourth-order valence-electron chi connectivity index (χ4n) is 7.02. The van der Waals surface area contributed by atoms with E-state index < -0.39 is 54.3 Å². The first-order chi connectivity index (χ1) is 29.6. The van der Waals surface area contributed by atoms with Crippen molar-refractivity contribution in [2.24, 2.45) is 11.7 Å². The molecule has 1 aromatic heterocycles. The van der Waals surface area contributed by atoms with Gasteiger partial charge < -0.3 is 39.3 Å². The lowest BCUT2D eigenvalue weighted by Crippen LogP contribution is -2.54. The number of halogens is 2. The third-order valence-corrected chi connectivity index (χ3v) is 10.4. The van der Waals surface area contributed by atoms with Crippen LogP contribution < -0.4 is 21.1 Å². The van der Waals surface area contributed by atoms with Crippen molar-refractivity contribution < 1.29 is 56.4 Å². The number of ether oxygens (including phenoxy) is 5. The van der Waals surface area contributed by atoms with Crippen molar-refractivity contribution in [2.75, 3.05) is 78.1 Å². The molecule has 3 aromatic carbocycles. The summed E-state index contributed by atoms with van der Waals surface area (Å²) in [6.45, 7) is 0.823. The minimum atomic E-state index is -1.06. The standard InChI is InChI=1S/C43H49F2N5O10S/c44-23-27(24-45)25-49-26-33(28-3-1-4-29(21-28)40(46)61)31-8-7-30(22-35(31)49)47-38(52)11-12-56-13-14-57-15-16-58-17-18-59-19-20-60-36-6-2-5-32-39(36)43(55)50(42(32)54)34-9-10-37(51)48-41(34)53/h1-8,21-22,26-27,34,40,61H,9-20,23-25,46H2,(H,47,52)(H,48,51,53). The summed E-state index contributed by atoms with van der Waals surface area (Å²) in [4.78, 5) is 63.6. The van der Waals surface area contributed by atoms with Crippen LogP contribution in [0.1, 0.15) is 50.9 Å². The molecule has 3 heterocycles. The number of thiol groups is 1. The number of amides is 5. The van der Waals surface area contributed by atoms with Crippen LogP contribution in [0.3, 0.4) is 0 Å². The number of piperidine rings is 1. The van der Waals surface area contributed by atoms with Crippen LogP contribution in [0.4, 0.5) is 14.5 Å². The molecule has 2 aliphatic heterocycles. The first kappa shape index (κ1) is 45.3. The number of aromatic nitrogens is 1. The highest BCUT2D eigenvalue weighted by Crippen LogP contribution is 2.35.